The lowest BCUT2D eigenvalue weighted by Crippen LogP contribution is -2.22. The summed E-state index contributed by atoms with van der Waals surface area (Å²) in [5.74, 6) is -0.250. The quantitative estimate of drug-likeness (QED) is 0.746. The molecule has 0 saturated heterocycles. The van der Waals surface area contributed by atoms with Crippen LogP contribution in [0.1, 0.15) is 37.1 Å². The average molecular weight is 357 g/mol. The lowest BCUT2D eigenvalue weighted by atomic mass is 10.0. The zero-order chi connectivity index (χ0) is 14.7. The van der Waals surface area contributed by atoms with Crippen LogP contribution in [0.5, 0.6) is 0 Å². The van der Waals surface area contributed by atoms with E-state index in [0.717, 1.165) is 16.1 Å². The SMILES string of the molecule is CC(NC(C)c1ccccc1Cl)c1ccc(F)c(Br)c1. The smallest absolute Gasteiger partial charge is 0.137 e. The van der Waals surface area contributed by atoms with E-state index in [1.807, 2.05) is 31.2 Å². The summed E-state index contributed by atoms with van der Waals surface area (Å²) in [7, 11) is 0. The molecule has 0 aromatic heterocycles. The van der Waals surface area contributed by atoms with Gasteiger partial charge in [0.15, 0.2) is 0 Å². The first-order valence-corrected chi connectivity index (χ1v) is 7.61. The van der Waals surface area contributed by atoms with E-state index in [4.69, 9.17) is 11.6 Å². The molecule has 0 spiro atoms. The van der Waals surface area contributed by atoms with Crippen molar-refractivity contribution in [3.63, 3.8) is 0 Å². The molecule has 0 aliphatic rings. The lowest BCUT2D eigenvalue weighted by molar-refractivity contribution is 0.493. The number of rotatable bonds is 4. The molecule has 0 heterocycles. The van der Waals surface area contributed by atoms with Crippen LogP contribution in [0.2, 0.25) is 5.02 Å². The predicted octanol–water partition coefficient (Wildman–Crippen LogP) is 5.65. The van der Waals surface area contributed by atoms with Gasteiger partial charge in [-0.15, -0.1) is 0 Å². The molecule has 4 heteroatoms. The zero-order valence-electron chi connectivity index (χ0n) is 11.3. The molecule has 2 rings (SSSR count). The highest BCUT2D eigenvalue weighted by Crippen LogP contribution is 2.26. The van der Waals surface area contributed by atoms with Crippen LogP contribution in [0.25, 0.3) is 0 Å². The van der Waals surface area contributed by atoms with Crippen LogP contribution in [0, 0.1) is 5.82 Å². The Balaban J connectivity index is 2.13. The molecule has 0 bridgehead atoms. The standard InChI is InChI=1S/C16H16BrClFN/c1-10(12-7-8-16(19)14(17)9-12)20-11(2)13-5-3-4-6-15(13)18/h3-11,20H,1-2H3. The van der Waals surface area contributed by atoms with Gasteiger partial charge in [0.25, 0.3) is 0 Å². The van der Waals surface area contributed by atoms with Gasteiger partial charge in [-0.05, 0) is 59.1 Å². The van der Waals surface area contributed by atoms with Crippen LogP contribution in [-0.2, 0) is 0 Å². The maximum atomic E-state index is 13.3. The first-order chi connectivity index (χ1) is 9.49. The van der Waals surface area contributed by atoms with E-state index in [0.29, 0.717) is 4.47 Å². The predicted molar refractivity (Wildman–Crippen MR) is 85.5 cm³/mol. The average Bonchev–Trinajstić information content (AvgIpc) is 2.42. The van der Waals surface area contributed by atoms with E-state index in [1.54, 1.807) is 12.1 Å². The van der Waals surface area contributed by atoms with Crippen molar-refractivity contribution in [1.29, 1.82) is 0 Å². The summed E-state index contributed by atoms with van der Waals surface area (Å²) in [5, 5.41) is 4.22. The van der Waals surface area contributed by atoms with Crippen molar-refractivity contribution in [2.75, 3.05) is 0 Å². The van der Waals surface area contributed by atoms with Gasteiger partial charge in [0.2, 0.25) is 0 Å². The van der Waals surface area contributed by atoms with E-state index in [-0.39, 0.29) is 17.9 Å². The molecule has 0 saturated carbocycles. The zero-order valence-corrected chi connectivity index (χ0v) is 13.7. The van der Waals surface area contributed by atoms with Crippen LogP contribution in [0.15, 0.2) is 46.9 Å². The second-order valence-corrected chi connectivity index (χ2v) is 6.07. The lowest BCUT2D eigenvalue weighted by Gasteiger charge is -2.21. The monoisotopic (exact) mass is 355 g/mol. The Kier molecular flexibility index (Phi) is 5.19. The molecule has 106 valence electrons. The van der Waals surface area contributed by atoms with Gasteiger partial charge in [0, 0.05) is 17.1 Å². The second-order valence-electron chi connectivity index (χ2n) is 4.81. The maximum Gasteiger partial charge on any atom is 0.137 e. The molecule has 0 aliphatic carbocycles. The molecule has 2 aromatic rings. The molecule has 0 radical (unpaired) electrons. The van der Waals surface area contributed by atoms with Gasteiger partial charge < -0.3 is 5.32 Å². The number of hydrogen-bond donors (Lipinski definition) is 1. The summed E-state index contributed by atoms with van der Waals surface area (Å²) < 4.78 is 13.7. The van der Waals surface area contributed by atoms with Crippen molar-refractivity contribution in [3.8, 4) is 0 Å². The fourth-order valence-electron chi connectivity index (χ4n) is 2.17. The molecular formula is C16H16BrClFN. The van der Waals surface area contributed by atoms with Crippen molar-refractivity contribution < 1.29 is 4.39 Å². The third-order valence-corrected chi connectivity index (χ3v) is 4.27. The topological polar surface area (TPSA) is 12.0 Å². The molecule has 2 unspecified atom stereocenters. The van der Waals surface area contributed by atoms with Gasteiger partial charge in [0.05, 0.1) is 4.47 Å². The van der Waals surface area contributed by atoms with Gasteiger partial charge in [-0.2, -0.15) is 0 Å². The molecule has 0 fully saturated rings. The molecule has 20 heavy (non-hydrogen) atoms. The summed E-state index contributed by atoms with van der Waals surface area (Å²) in [6.07, 6.45) is 0. The highest BCUT2D eigenvalue weighted by molar-refractivity contribution is 9.10. The Hall–Kier alpha value is -0.900. The molecule has 2 aromatic carbocycles. The Labute approximate surface area is 132 Å². The molecule has 1 nitrogen and oxygen atoms in total. The van der Waals surface area contributed by atoms with E-state index in [2.05, 4.69) is 28.2 Å². The molecule has 0 aliphatic heterocycles. The van der Waals surface area contributed by atoms with Crippen LogP contribution < -0.4 is 5.32 Å². The summed E-state index contributed by atoms with van der Waals surface area (Å²) in [6.45, 7) is 4.11. The summed E-state index contributed by atoms with van der Waals surface area (Å²) >= 11 is 9.41. The van der Waals surface area contributed by atoms with E-state index in [9.17, 15) is 4.39 Å². The van der Waals surface area contributed by atoms with Gasteiger partial charge >= 0.3 is 0 Å². The van der Waals surface area contributed by atoms with Crippen LogP contribution >= 0.6 is 27.5 Å². The normalized spacial score (nSPS) is 14.1. The van der Waals surface area contributed by atoms with Crippen molar-refractivity contribution in [2.24, 2.45) is 0 Å². The molecule has 0 amide bonds. The first-order valence-electron chi connectivity index (χ1n) is 6.44. The molecule has 2 atom stereocenters. The maximum absolute atomic E-state index is 13.3. The van der Waals surface area contributed by atoms with Crippen molar-refractivity contribution in [1.82, 2.24) is 5.32 Å². The van der Waals surface area contributed by atoms with E-state index >= 15 is 0 Å². The minimum Gasteiger partial charge on any atom is -0.304 e. The largest absolute Gasteiger partial charge is 0.304 e. The fourth-order valence-corrected chi connectivity index (χ4v) is 2.86. The van der Waals surface area contributed by atoms with Gasteiger partial charge in [-0.3, -0.25) is 0 Å². The Morgan fingerprint density at radius 3 is 2.45 bits per heavy atom. The summed E-state index contributed by atoms with van der Waals surface area (Å²) in [5.41, 5.74) is 2.08. The summed E-state index contributed by atoms with van der Waals surface area (Å²) in [4.78, 5) is 0. The number of hydrogen-bond acceptors (Lipinski definition) is 1. The third-order valence-electron chi connectivity index (χ3n) is 3.32. The van der Waals surface area contributed by atoms with Crippen LogP contribution in [-0.4, -0.2) is 0 Å². The Bertz CT molecular complexity index is 603. The third kappa shape index (κ3) is 3.60. The van der Waals surface area contributed by atoms with Crippen LogP contribution in [0.4, 0.5) is 4.39 Å². The molecular weight excluding hydrogens is 341 g/mol. The second kappa shape index (κ2) is 6.70. The van der Waals surface area contributed by atoms with Crippen molar-refractivity contribution >= 4 is 27.5 Å². The number of benzene rings is 2. The van der Waals surface area contributed by atoms with Crippen molar-refractivity contribution in [2.45, 2.75) is 25.9 Å². The Morgan fingerprint density at radius 2 is 1.80 bits per heavy atom. The Morgan fingerprint density at radius 1 is 1.10 bits per heavy atom. The number of halogens is 3. The van der Waals surface area contributed by atoms with E-state index < -0.39 is 0 Å². The molecule has 1 N–H and O–H groups in total. The fraction of sp³-hybridized carbons (Fsp3) is 0.250. The summed E-state index contributed by atoms with van der Waals surface area (Å²) in [6, 6.07) is 13.0. The highest BCUT2D eigenvalue weighted by atomic mass is 79.9. The van der Waals surface area contributed by atoms with Crippen molar-refractivity contribution in [3.05, 3.63) is 68.9 Å². The number of nitrogens with one attached hydrogen (secondary N) is 1. The highest BCUT2D eigenvalue weighted by Gasteiger charge is 2.14. The van der Waals surface area contributed by atoms with E-state index in [1.165, 1.54) is 6.07 Å². The first kappa shape index (κ1) is 15.5. The van der Waals surface area contributed by atoms with Gasteiger partial charge in [0.1, 0.15) is 5.82 Å². The minimum atomic E-state index is -0.250. The van der Waals surface area contributed by atoms with Gasteiger partial charge in [-0.1, -0.05) is 35.9 Å². The van der Waals surface area contributed by atoms with Gasteiger partial charge in [-0.25, -0.2) is 4.39 Å². The van der Waals surface area contributed by atoms with Crippen LogP contribution in [0.3, 0.4) is 0 Å². The minimum absolute atomic E-state index is 0.0955.